The molecule has 0 spiro atoms. The number of hydrogen-bond acceptors (Lipinski definition) is 4. The number of benzene rings is 1. The molecule has 1 fully saturated rings. The fourth-order valence-corrected chi connectivity index (χ4v) is 3.53. The van der Waals surface area contributed by atoms with Crippen LogP contribution in [0, 0.1) is 19.7 Å². The van der Waals surface area contributed by atoms with E-state index in [9.17, 15) is 9.18 Å². The van der Waals surface area contributed by atoms with Gasteiger partial charge in [-0.2, -0.15) is 5.10 Å². The van der Waals surface area contributed by atoms with E-state index in [2.05, 4.69) is 15.4 Å². The molecule has 1 saturated heterocycles. The highest BCUT2D eigenvalue weighted by Gasteiger charge is 2.34. The van der Waals surface area contributed by atoms with Gasteiger partial charge in [-0.25, -0.2) is 4.39 Å². The van der Waals surface area contributed by atoms with Crippen LogP contribution in [0.4, 0.5) is 15.9 Å². The summed E-state index contributed by atoms with van der Waals surface area (Å²) in [6.45, 7) is 4.40. The van der Waals surface area contributed by atoms with Crippen LogP contribution in [0.3, 0.4) is 0 Å². The molecule has 7 heteroatoms. The molecule has 6 nitrogen and oxygen atoms in total. The molecule has 1 aliphatic rings. The molecule has 0 saturated carbocycles. The van der Waals surface area contributed by atoms with Gasteiger partial charge in [0, 0.05) is 36.4 Å². The van der Waals surface area contributed by atoms with Crippen LogP contribution in [0.15, 0.2) is 30.3 Å². The van der Waals surface area contributed by atoms with Crippen LogP contribution in [0.2, 0.25) is 0 Å². The lowest BCUT2D eigenvalue weighted by molar-refractivity contribution is -0.117. The monoisotopic (exact) mass is 353 g/mol. The molecule has 134 valence electrons. The third kappa shape index (κ3) is 2.79. The van der Waals surface area contributed by atoms with E-state index < -0.39 is 0 Å². The van der Waals surface area contributed by atoms with Crippen LogP contribution < -0.4 is 10.2 Å². The van der Waals surface area contributed by atoms with Crippen molar-refractivity contribution in [2.45, 2.75) is 26.3 Å². The zero-order valence-electron chi connectivity index (χ0n) is 15.0. The van der Waals surface area contributed by atoms with Gasteiger partial charge in [0.15, 0.2) is 0 Å². The van der Waals surface area contributed by atoms with Gasteiger partial charge >= 0.3 is 0 Å². The highest BCUT2D eigenvalue weighted by Crippen LogP contribution is 2.28. The molecule has 0 bridgehead atoms. The van der Waals surface area contributed by atoms with Crippen LogP contribution in [0.25, 0.3) is 10.9 Å². The Morgan fingerprint density at radius 2 is 2.00 bits per heavy atom. The molecule has 1 amide bonds. The highest BCUT2D eigenvalue weighted by molar-refractivity contribution is 6.02. The first-order chi connectivity index (χ1) is 12.4. The van der Waals surface area contributed by atoms with Gasteiger partial charge in [0.25, 0.3) is 5.91 Å². The number of anilines is 2. The zero-order valence-corrected chi connectivity index (χ0v) is 15.0. The van der Waals surface area contributed by atoms with E-state index in [-0.39, 0.29) is 17.8 Å². The molecule has 1 aromatic carbocycles. The van der Waals surface area contributed by atoms with Gasteiger partial charge in [-0.15, -0.1) is 0 Å². The number of nitrogens with zero attached hydrogens (tertiary/aromatic N) is 4. The van der Waals surface area contributed by atoms with Gasteiger partial charge in [0.1, 0.15) is 17.7 Å². The van der Waals surface area contributed by atoms with Gasteiger partial charge < -0.3 is 5.32 Å². The predicted molar refractivity (Wildman–Crippen MR) is 98.8 cm³/mol. The zero-order chi connectivity index (χ0) is 18.4. The van der Waals surface area contributed by atoms with Crippen molar-refractivity contribution in [3.05, 3.63) is 47.5 Å². The summed E-state index contributed by atoms with van der Waals surface area (Å²) >= 11 is 0. The molecular weight excluding hydrogens is 333 g/mol. The van der Waals surface area contributed by atoms with Crippen molar-refractivity contribution < 1.29 is 9.18 Å². The maximum absolute atomic E-state index is 13.7. The van der Waals surface area contributed by atoms with Gasteiger partial charge in [-0.1, -0.05) is 0 Å². The number of hydrogen-bond donors (Lipinski definition) is 1. The van der Waals surface area contributed by atoms with Crippen LogP contribution in [0.1, 0.15) is 17.8 Å². The van der Waals surface area contributed by atoms with E-state index in [1.807, 2.05) is 33.0 Å². The highest BCUT2D eigenvalue weighted by atomic mass is 19.1. The number of nitrogens with one attached hydrogen (secondary N) is 1. The van der Waals surface area contributed by atoms with E-state index in [1.165, 1.54) is 12.1 Å². The first-order valence-corrected chi connectivity index (χ1v) is 8.58. The summed E-state index contributed by atoms with van der Waals surface area (Å²) in [4.78, 5) is 19.1. The fourth-order valence-electron chi connectivity index (χ4n) is 3.53. The first kappa shape index (κ1) is 16.5. The lowest BCUT2D eigenvalue weighted by Crippen LogP contribution is -2.34. The number of aromatic nitrogens is 3. The van der Waals surface area contributed by atoms with Crippen molar-refractivity contribution in [3.8, 4) is 0 Å². The predicted octanol–water partition coefficient (Wildman–Crippen LogP) is 2.94. The average Bonchev–Trinajstić information content (AvgIpc) is 3.10. The molecule has 0 aliphatic carbocycles. The van der Waals surface area contributed by atoms with Crippen LogP contribution >= 0.6 is 0 Å². The van der Waals surface area contributed by atoms with Crippen molar-refractivity contribution in [3.63, 3.8) is 0 Å². The Kier molecular flexibility index (Phi) is 3.86. The third-order valence-corrected chi connectivity index (χ3v) is 4.69. The second-order valence-corrected chi connectivity index (χ2v) is 6.72. The maximum atomic E-state index is 13.7. The van der Waals surface area contributed by atoms with E-state index >= 15 is 0 Å². The Labute approximate surface area is 150 Å². The summed E-state index contributed by atoms with van der Waals surface area (Å²) < 4.78 is 15.4. The molecule has 1 N–H and O–H groups in total. The Bertz CT molecular complexity index is 1010. The SMILES string of the molecule is Cc1cc(NC2CCN(c3cc(C)nn3C)C2=O)c2cc(F)ccc2n1. The number of aryl methyl sites for hydroxylation is 3. The number of fused-ring (bicyclic) bond motifs is 1. The number of carbonyl (C=O) groups is 1. The van der Waals surface area contributed by atoms with Crippen LogP contribution in [0.5, 0.6) is 0 Å². The number of rotatable bonds is 3. The van der Waals surface area contributed by atoms with E-state index in [0.29, 0.717) is 23.9 Å². The quantitative estimate of drug-likeness (QED) is 0.786. The molecule has 26 heavy (non-hydrogen) atoms. The minimum atomic E-state index is -0.363. The van der Waals surface area contributed by atoms with E-state index in [1.54, 1.807) is 15.6 Å². The van der Waals surface area contributed by atoms with Crippen molar-refractivity contribution in [1.29, 1.82) is 0 Å². The lowest BCUT2D eigenvalue weighted by Gasteiger charge is -2.18. The summed E-state index contributed by atoms with van der Waals surface area (Å²) in [5.41, 5.74) is 3.13. The molecular formula is C19H20FN5O. The Morgan fingerprint density at radius 1 is 1.19 bits per heavy atom. The van der Waals surface area contributed by atoms with Crippen molar-refractivity contribution in [2.24, 2.45) is 7.05 Å². The first-order valence-electron chi connectivity index (χ1n) is 8.58. The molecule has 1 unspecified atom stereocenters. The fraction of sp³-hybridized carbons (Fsp3) is 0.316. The molecule has 3 aromatic rings. The normalized spacial score (nSPS) is 17.3. The summed E-state index contributed by atoms with van der Waals surface area (Å²) in [7, 11) is 1.83. The molecule has 3 heterocycles. The lowest BCUT2D eigenvalue weighted by atomic mass is 10.1. The molecule has 4 rings (SSSR count). The standard InChI is InChI=1S/C19H20FN5O/c1-11-8-17(14-10-13(20)4-5-15(14)21-11)22-16-6-7-25(19(16)26)18-9-12(2)23-24(18)3/h4-5,8-10,16H,6-7H2,1-3H3,(H,21,22). The van der Waals surface area contributed by atoms with Crippen molar-refractivity contribution >= 4 is 28.3 Å². The molecule has 1 atom stereocenters. The summed E-state index contributed by atoms with van der Waals surface area (Å²) in [6, 6.07) is 7.90. The van der Waals surface area contributed by atoms with Crippen LogP contribution in [-0.2, 0) is 11.8 Å². The smallest absolute Gasteiger partial charge is 0.250 e. The molecule has 2 aromatic heterocycles. The topological polar surface area (TPSA) is 63.1 Å². The number of halogens is 1. The minimum Gasteiger partial charge on any atom is -0.373 e. The minimum absolute atomic E-state index is 0.00739. The number of carbonyl (C=O) groups excluding carboxylic acids is 1. The second kappa shape index (κ2) is 6.09. The van der Waals surface area contributed by atoms with Crippen molar-refractivity contribution in [1.82, 2.24) is 14.8 Å². The number of pyridine rings is 1. The molecule has 0 radical (unpaired) electrons. The second-order valence-electron chi connectivity index (χ2n) is 6.72. The Morgan fingerprint density at radius 3 is 2.73 bits per heavy atom. The van der Waals surface area contributed by atoms with Gasteiger partial charge in [-0.05, 0) is 44.5 Å². The number of amides is 1. The van der Waals surface area contributed by atoms with E-state index in [0.717, 1.165) is 22.9 Å². The van der Waals surface area contributed by atoms with Crippen LogP contribution in [-0.4, -0.2) is 33.3 Å². The average molecular weight is 353 g/mol. The largest absolute Gasteiger partial charge is 0.373 e. The summed E-state index contributed by atoms with van der Waals surface area (Å²) in [6.07, 6.45) is 0.668. The van der Waals surface area contributed by atoms with E-state index in [4.69, 9.17) is 0 Å². The summed E-state index contributed by atoms with van der Waals surface area (Å²) in [5.74, 6) is 0.460. The van der Waals surface area contributed by atoms with Gasteiger partial charge in [0.05, 0.1) is 11.2 Å². The maximum Gasteiger partial charge on any atom is 0.250 e. The Hall–Kier alpha value is -2.96. The molecule has 1 aliphatic heterocycles. The van der Waals surface area contributed by atoms with Crippen molar-refractivity contribution in [2.75, 3.05) is 16.8 Å². The summed E-state index contributed by atoms with van der Waals surface area (Å²) in [5, 5.41) is 8.29. The Balaban J connectivity index is 1.64. The van der Waals surface area contributed by atoms with Gasteiger partial charge in [-0.3, -0.25) is 19.4 Å². The third-order valence-electron chi connectivity index (χ3n) is 4.69. The van der Waals surface area contributed by atoms with Gasteiger partial charge in [0.2, 0.25) is 0 Å².